The highest BCUT2D eigenvalue weighted by atomic mass is 16.6. The summed E-state index contributed by atoms with van der Waals surface area (Å²) >= 11 is 0. The Morgan fingerprint density at radius 3 is 2.45 bits per heavy atom. The van der Waals surface area contributed by atoms with Crippen molar-refractivity contribution < 1.29 is 14.3 Å². The standard InChI is InChI=1S/C15H14N4O3/c16-9-1-3-10(4-2-9)18-12-8-13(14(20)7-11(12)17)19-5-6-22-15(19)21/h1-4,7-8H,5-6,16-17H2. The molecule has 0 unspecified atom stereocenters. The summed E-state index contributed by atoms with van der Waals surface area (Å²) in [6, 6.07) is 6.92. The molecule has 2 aliphatic rings. The lowest BCUT2D eigenvalue weighted by atomic mass is 10.1. The van der Waals surface area contributed by atoms with E-state index in [-0.39, 0.29) is 23.8 Å². The zero-order valence-corrected chi connectivity index (χ0v) is 11.7. The molecule has 1 amide bonds. The van der Waals surface area contributed by atoms with E-state index >= 15 is 0 Å². The molecule has 1 aliphatic carbocycles. The van der Waals surface area contributed by atoms with E-state index in [1.807, 2.05) is 0 Å². The number of nitrogen functional groups attached to an aromatic ring is 1. The molecular weight excluding hydrogens is 284 g/mol. The second-order valence-corrected chi connectivity index (χ2v) is 4.85. The average molecular weight is 298 g/mol. The Bertz CT molecular complexity index is 732. The smallest absolute Gasteiger partial charge is 0.414 e. The van der Waals surface area contributed by atoms with E-state index in [2.05, 4.69) is 4.99 Å². The zero-order chi connectivity index (χ0) is 15.7. The van der Waals surface area contributed by atoms with Crippen LogP contribution >= 0.6 is 0 Å². The SMILES string of the molecule is NC1=CC(=O)C(N2CCOC2=O)=CC1=Nc1ccc(N)cc1. The first kappa shape index (κ1) is 13.9. The fourth-order valence-electron chi connectivity index (χ4n) is 2.18. The third-order valence-electron chi connectivity index (χ3n) is 3.30. The molecular formula is C15H14N4O3. The highest BCUT2D eigenvalue weighted by Gasteiger charge is 2.31. The summed E-state index contributed by atoms with van der Waals surface area (Å²) in [5.74, 6) is -0.340. The van der Waals surface area contributed by atoms with Crippen LogP contribution in [0.5, 0.6) is 0 Å². The van der Waals surface area contributed by atoms with Gasteiger partial charge in [0.15, 0.2) is 0 Å². The number of cyclic esters (lactones) is 1. The minimum Gasteiger partial charge on any atom is -0.447 e. The van der Waals surface area contributed by atoms with E-state index in [0.717, 1.165) is 0 Å². The third-order valence-corrected chi connectivity index (χ3v) is 3.30. The minimum atomic E-state index is -0.541. The van der Waals surface area contributed by atoms with Gasteiger partial charge in [-0.25, -0.2) is 9.79 Å². The van der Waals surface area contributed by atoms with Crippen molar-refractivity contribution >= 4 is 29.0 Å². The Morgan fingerprint density at radius 1 is 1.09 bits per heavy atom. The largest absolute Gasteiger partial charge is 0.447 e. The van der Waals surface area contributed by atoms with Gasteiger partial charge in [0.05, 0.1) is 29.3 Å². The van der Waals surface area contributed by atoms with Gasteiger partial charge in [-0.05, 0) is 30.3 Å². The van der Waals surface area contributed by atoms with Crippen molar-refractivity contribution in [2.75, 3.05) is 18.9 Å². The first-order chi connectivity index (χ1) is 10.5. The zero-order valence-electron chi connectivity index (χ0n) is 11.7. The lowest BCUT2D eigenvalue weighted by molar-refractivity contribution is -0.112. The van der Waals surface area contributed by atoms with Crippen molar-refractivity contribution in [3.8, 4) is 0 Å². The molecule has 1 aliphatic heterocycles. The Balaban J connectivity index is 1.97. The maximum atomic E-state index is 12.0. The van der Waals surface area contributed by atoms with Gasteiger partial charge in [0.25, 0.3) is 0 Å². The van der Waals surface area contributed by atoms with Gasteiger partial charge in [-0.15, -0.1) is 0 Å². The summed E-state index contributed by atoms with van der Waals surface area (Å²) in [7, 11) is 0. The average Bonchev–Trinajstić information content (AvgIpc) is 2.90. The van der Waals surface area contributed by atoms with Crippen LogP contribution in [0, 0.1) is 0 Å². The molecule has 0 atom stereocenters. The number of amides is 1. The number of carbonyl (C=O) groups is 2. The maximum absolute atomic E-state index is 12.0. The quantitative estimate of drug-likeness (QED) is 0.627. The van der Waals surface area contributed by atoms with Gasteiger partial charge >= 0.3 is 6.09 Å². The number of ether oxygens (including phenoxy) is 1. The van der Waals surface area contributed by atoms with Crippen LogP contribution in [0.2, 0.25) is 0 Å². The molecule has 1 fully saturated rings. The van der Waals surface area contributed by atoms with Gasteiger partial charge < -0.3 is 16.2 Å². The van der Waals surface area contributed by atoms with Gasteiger partial charge in [0, 0.05) is 11.8 Å². The molecule has 1 aromatic rings. The summed E-state index contributed by atoms with van der Waals surface area (Å²) in [6.07, 6.45) is 2.22. The number of nitrogens with two attached hydrogens (primary N) is 2. The maximum Gasteiger partial charge on any atom is 0.414 e. The highest BCUT2D eigenvalue weighted by Crippen LogP contribution is 2.21. The summed E-state index contributed by atoms with van der Waals surface area (Å²) in [5, 5.41) is 0. The van der Waals surface area contributed by atoms with E-state index in [1.54, 1.807) is 24.3 Å². The molecule has 7 nitrogen and oxygen atoms in total. The molecule has 0 bridgehead atoms. The van der Waals surface area contributed by atoms with Crippen molar-refractivity contribution in [3.63, 3.8) is 0 Å². The van der Waals surface area contributed by atoms with Crippen LogP contribution in [0.4, 0.5) is 16.2 Å². The number of rotatable bonds is 2. The van der Waals surface area contributed by atoms with Crippen LogP contribution in [-0.2, 0) is 9.53 Å². The lowest BCUT2D eigenvalue weighted by Crippen LogP contribution is -2.31. The Hall–Kier alpha value is -3.09. The number of allylic oxidation sites excluding steroid dienone is 2. The number of aliphatic imine (C=N–C) groups is 1. The Labute approximate surface area is 126 Å². The number of ketones is 1. The molecule has 1 saturated heterocycles. The summed E-state index contributed by atoms with van der Waals surface area (Å²) in [4.78, 5) is 29.3. The van der Waals surface area contributed by atoms with Crippen LogP contribution in [0.3, 0.4) is 0 Å². The molecule has 22 heavy (non-hydrogen) atoms. The number of hydrogen-bond donors (Lipinski definition) is 2. The van der Waals surface area contributed by atoms with Gasteiger partial charge in [-0.2, -0.15) is 0 Å². The fourth-order valence-corrected chi connectivity index (χ4v) is 2.18. The van der Waals surface area contributed by atoms with E-state index in [1.165, 1.54) is 17.1 Å². The number of hydrogen-bond acceptors (Lipinski definition) is 6. The van der Waals surface area contributed by atoms with E-state index in [9.17, 15) is 9.59 Å². The number of carbonyl (C=O) groups excluding carboxylic acids is 2. The number of nitrogens with zero attached hydrogens (tertiary/aromatic N) is 2. The fraction of sp³-hybridized carbons (Fsp3) is 0.133. The molecule has 0 spiro atoms. The van der Waals surface area contributed by atoms with E-state index in [0.29, 0.717) is 23.6 Å². The molecule has 112 valence electrons. The highest BCUT2D eigenvalue weighted by molar-refractivity contribution is 6.22. The molecule has 1 aromatic carbocycles. The monoisotopic (exact) mass is 298 g/mol. The Morgan fingerprint density at radius 2 is 1.82 bits per heavy atom. The molecule has 0 radical (unpaired) electrons. The summed E-state index contributed by atoms with van der Waals surface area (Å²) in [6.45, 7) is 0.590. The van der Waals surface area contributed by atoms with Crippen molar-refractivity contribution in [3.05, 3.63) is 47.8 Å². The molecule has 4 N–H and O–H groups in total. The van der Waals surface area contributed by atoms with Crippen LogP contribution in [0.15, 0.2) is 52.8 Å². The van der Waals surface area contributed by atoms with E-state index in [4.69, 9.17) is 16.2 Å². The van der Waals surface area contributed by atoms with Crippen LogP contribution in [-0.4, -0.2) is 35.6 Å². The topological polar surface area (TPSA) is 111 Å². The van der Waals surface area contributed by atoms with Crippen LogP contribution in [0.25, 0.3) is 0 Å². The van der Waals surface area contributed by atoms with Gasteiger partial charge in [0.2, 0.25) is 5.78 Å². The first-order valence-electron chi connectivity index (χ1n) is 6.67. The first-order valence-corrected chi connectivity index (χ1v) is 6.67. The van der Waals surface area contributed by atoms with Gasteiger partial charge in [-0.1, -0.05) is 0 Å². The molecule has 0 aromatic heterocycles. The molecule has 0 saturated carbocycles. The van der Waals surface area contributed by atoms with Crippen molar-refractivity contribution in [2.24, 2.45) is 10.7 Å². The lowest BCUT2D eigenvalue weighted by Gasteiger charge is -2.18. The summed E-state index contributed by atoms with van der Waals surface area (Å²) < 4.78 is 4.85. The van der Waals surface area contributed by atoms with Gasteiger partial charge in [0.1, 0.15) is 6.61 Å². The number of anilines is 1. The normalized spacial score (nSPS) is 20.0. The van der Waals surface area contributed by atoms with Crippen molar-refractivity contribution in [1.82, 2.24) is 4.90 Å². The number of benzene rings is 1. The van der Waals surface area contributed by atoms with Crippen molar-refractivity contribution in [1.29, 1.82) is 0 Å². The second-order valence-electron chi connectivity index (χ2n) is 4.85. The summed E-state index contributed by atoms with van der Waals surface area (Å²) in [5.41, 5.74) is 13.6. The second kappa shape index (κ2) is 5.36. The van der Waals surface area contributed by atoms with Crippen LogP contribution < -0.4 is 11.5 Å². The van der Waals surface area contributed by atoms with Crippen LogP contribution in [0.1, 0.15) is 0 Å². The minimum absolute atomic E-state index is 0.214. The predicted octanol–water partition coefficient (Wildman–Crippen LogP) is 1.10. The third kappa shape index (κ3) is 2.56. The molecule has 7 heteroatoms. The van der Waals surface area contributed by atoms with Crippen molar-refractivity contribution in [2.45, 2.75) is 0 Å². The van der Waals surface area contributed by atoms with Gasteiger partial charge in [-0.3, -0.25) is 9.69 Å². The predicted molar refractivity (Wildman–Crippen MR) is 81.4 cm³/mol. The molecule has 1 heterocycles. The Kier molecular flexibility index (Phi) is 3.38. The molecule has 3 rings (SSSR count). The van der Waals surface area contributed by atoms with E-state index < -0.39 is 6.09 Å².